The Morgan fingerprint density at radius 3 is 2.69 bits per heavy atom. The number of aliphatic hydroxyl groups excluding tert-OH is 1. The highest BCUT2D eigenvalue weighted by Crippen LogP contribution is 2.63. The van der Waals surface area contributed by atoms with E-state index in [1.807, 2.05) is 6.92 Å². The number of hydrogen-bond donors (Lipinski definition) is 1. The molecule has 4 rings (SSSR count). The standard InChI is InChI=1S/C25H39N3O7/c1-4-9-27(12-11-26-13-16-33-17-14-26)22(31)20-25-8-7-24(3,35-25)19(23(32)34-5-2)18(25)21(30)28(20)10-6-15-29/h4,18-20,29H,1,5-17H2,2-3H3/t18-,19-,20?,24+,25?/m0/s1. The third-order valence-electron chi connectivity index (χ3n) is 8.06. The predicted molar refractivity (Wildman–Crippen MR) is 126 cm³/mol. The van der Waals surface area contributed by atoms with Crippen LogP contribution in [0.3, 0.4) is 0 Å². The Hall–Kier alpha value is -2.01. The molecule has 4 aliphatic rings. The van der Waals surface area contributed by atoms with Crippen molar-refractivity contribution in [1.82, 2.24) is 14.7 Å². The van der Waals surface area contributed by atoms with E-state index in [-0.39, 0.29) is 31.6 Å². The van der Waals surface area contributed by atoms with Gasteiger partial charge in [-0.2, -0.15) is 0 Å². The molecule has 5 atom stereocenters. The second kappa shape index (κ2) is 10.5. The summed E-state index contributed by atoms with van der Waals surface area (Å²) in [5.41, 5.74) is -1.92. The molecule has 35 heavy (non-hydrogen) atoms. The molecule has 0 aromatic carbocycles. The molecule has 0 aromatic rings. The molecule has 2 unspecified atom stereocenters. The Morgan fingerprint density at radius 2 is 2.03 bits per heavy atom. The molecule has 4 aliphatic heterocycles. The van der Waals surface area contributed by atoms with E-state index >= 15 is 0 Å². The lowest BCUT2D eigenvalue weighted by Gasteiger charge is -2.37. The topological polar surface area (TPSA) is 109 Å². The van der Waals surface area contributed by atoms with Crippen LogP contribution in [-0.2, 0) is 28.6 Å². The number of morpholine rings is 1. The summed E-state index contributed by atoms with van der Waals surface area (Å²) in [6.45, 7) is 12.3. The summed E-state index contributed by atoms with van der Waals surface area (Å²) in [5, 5.41) is 9.48. The molecule has 10 heteroatoms. The van der Waals surface area contributed by atoms with Crippen LogP contribution in [0.5, 0.6) is 0 Å². The minimum absolute atomic E-state index is 0.102. The summed E-state index contributed by atoms with van der Waals surface area (Å²) < 4.78 is 17.3. The van der Waals surface area contributed by atoms with Crippen molar-refractivity contribution in [2.75, 3.05) is 65.7 Å². The van der Waals surface area contributed by atoms with Crippen molar-refractivity contribution < 1.29 is 33.7 Å². The molecule has 1 spiro atoms. The molecule has 4 fully saturated rings. The van der Waals surface area contributed by atoms with Crippen molar-refractivity contribution in [3.05, 3.63) is 12.7 Å². The number of likely N-dealkylation sites (tertiary alicyclic amines) is 1. The summed E-state index contributed by atoms with van der Waals surface area (Å²) in [6.07, 6.45) is 3.13. The highest BCUT2D eigenvalue weighted by molar-refractivity contribution is 5.98. The Labute approximate surface area is 207 Å². The molecule has 196 valence electrons. The Kier molecular flexibility index (Phi) is 7.85. The van der Waals surface area contributed by atoms with Gasteiger partial charge in [-0.15, -0.1) is 6.58 Å². The number of aliphatic hydroxyl groups is 1. The van der Waals surface area contributed by atoms with Crippen molar-refractivity contribution in [1.29, 1.82) is 0 Å². The first-order valence-corrected chi connectivity index (χ1v) is 12.8. The molecule has 4 heterocycles. The zero-order valence-electron chi connectivity index (χ0n) is 20.9. The SMILES string of the molecule is C=CCN(CCN1CCOCC1)C(=O)C1N(CCCO)C(=O)[C@@H]2[C@@H](C(=O)OCC)[C@@]3(C)CCC12O3. The maximum atomic E-state index is 14.1. The number of amides is 2. The number of ether oxygens (including phenoxy) is 3. The molecule has 4 saturated heterocycles. The lowest BCUT2D eigenvalue weighted by Crippen LogP contribution is -2.57. The molecule has 0 radical (unpaired) electrons. The minimum atomic E-state index is -1.08. The minimum Gasteiger partial charge on any atom is -0.466 e. The van der Waals surface area contributed by atoms with Gasteiger partial charge in [0.25, 0.3) is 0 Å². The van der Waals surface area contributed by atoms with Crippen LogP contribution in [0.1, 0.15) is 33.1 Å². The first-order chi connectivity index (χ1) is 16.8. The Morgan fingerprint density at radius 1 is 1.29 bits per heavy atom. The van der Waals surface area contributed by atoms with Crippen molar-refractivity contribution >= 4 is 17.8 Å². The molecule has 0 saturated carbocycles. The van der Waals surface area contributed by atoms with Gasteiger partial charge in [-0.3, -0.25) is 19.3 Å². The van der Waals surface area contributed by atoms with Crippen molar-refractivity contribution in [2.45, 2.75) is 50.4 Å². The molecular formula is C25H39N3O7. The van der Waals surface area contributed by atoms with Gasteiger partial charge in [0.2, 0.25) is 11.8 Å². The van der Waals surface area contributed by atoms with E-state index in [2.05, 4.69) is 11.5 Å². The fourth-order valence-corrected chi connectivity index (χ4v) is 6.48. The number of esters is 1. The largest absolute Gasteiger partial charge is 0.466 e. The van der Waals surface area contributed by atoms with Crippen LogP contribution in [0.25, 0.3) is 0 Å². The monoisotopic (exact) mass is 493 g/mol. The second-order valence-electron chi connectivity index (χ2n) is 10.1. The Balaban J connectivity index is 1.64. The van der Waals surface area contributed by atoms with Gasteiger partial charge < -0.3 is 29.1 Å². The van der Waals surface area contributed by atoms with Crippen LogP contribution in [-0.4, -0.2) is 121 Å². The summed E-state index contributed by atoms with van der Waals surface area (Å²) in [4.78, 5) is 46.5. The van der Waals surface area contributed by atoms with E-state index in [1.54, 1.807) is 22.8 Å². The van der Waals surface area contributed by atoms with Crippen LogP contribution in [0.2, 0.25) is 0 Å². The van der Waals surface area contributed by atoms with Crippen molar-refractivity contribution in [3.63, 3.8) is 0 Å². The van der Waals surface area contributed by atoms with Gasteiger partial charge in [0.1, 0.15) is 17.6 Å². The highest BCUT2D eigenvalue weighted by atomic mass is 16.6. The lowest BCUT2D eigenvalue weighted by atomic mass is 9.66. The van der Waals surface area contributed by atoms with Gasteiger partial charge in [0.15, 0.2) is 0 Å². The lowest BCUT2D eigenvalue weighted by molar-refractivity contribution is -0.160. The third kappa shape index (κ3) is 4.50. The van der Waals surface area contributed by atoms with E-state index in [9.17, 15) is 19.5 Å². The van der Waals surface area contributed by atoms with Crippen LogP contribution >= 0.6 is 0 Å². The van der Waals surface area contributed by atoms with E-state index in [1.165, 1.54) is 0 Å². The number of carbonyl (C=O) groups is 3. The second-order valence-corrected chi connectivity index (χ2v) is 10.1. The molecular weight excluding hydrogens is 454 g/mol. The van der Waals surface area contributed by atoms with E-state index in [0.29, 0.717) is 52.1 Å². The first kappa shape index (κ1) is 26.1. The first-order valence-electron chi connectivity index (χ1n) is 12.8. The average Bonchev–Trinajstić information content (AvgIpc) is 3.41. The molecule has 2 bridgehead atoms. The molecule has 10 nitrogen and oxygen atoms in total. The summed E-state index contributed by atoms with van der Waals surface area (Å²) in [7, 11) is 0. The summed E-state index contributed by atoms with van der Waals surface area (Å²) >= 11 is 0. The van der Waals surface area contributed by atoms with Crippen molar-refractivity contribution in [2.24, 2.45) is 11.8 Å². The Bertz CT molecular complexity index is 832. The fourth-order valence-electron chi connectivity index (χ4n) is 6.48. The number of rotatable bonds is 11. The number of hydrogen-bond acceptors (Lipinski definition) is 8. The summed E-state index contributed by atoms with van der Waals surface area (Å²) in [5.74, 6) is -2.41. The van der Waals surface area contributed by atoms with Gasteiger partial charge in [-0.05, 0) is 33.1 Å². The van der Waals surface area contributed by atoms with Crippen LogP contribution in [0.15, 0.2) is 12.7 Å². The maximum Gasteiger partial charge on any atom is 0.312 e. The van der Waals surface area contributed by atoms with E-state index in [4.69, 9.17) is 14.2 Å². The highest BCUT2D eigenvalue weighted by Gasteiger charge is 2.78. The maximum absolute atomic E-state index is 14.1. The van der Waals surface area contributed by atoms with Gasteiger partial charge in [-0.1, -0.05) is 6.08 Å². The summed E-state index contributed by atoms with van der Waals surface area (Å²) in [6, 6.07) is -0.850. The third-order valence-corrected chi connectivity index (χ3v) is 8.06. The molecule has 1 N–H and O–H groups in total. The zero-order chi connectivity index (χ0) is 25.2. The molecule has 2 amide bonds. The van der Waals surface area contributed by atoms with E-state index in [0.717, 1.165) is 13.1 Å². The van der Waals surface area contributed by atoms with Gasteiger partial charge >= 0.3 is 5.97 Å². The smallest absolute Gasteiger partial charge is 0.312 e. The van der Waals surface area contributed by atoms with Gasteiger partial charge in [0, 0.05) is 45.9 Å². The average molecular weight is 494 g/mol. The number of nitrogens with zero attached hydrogens (tertiary/aromatic N) is 3. The quantitative estimate of drug-likeness (QED) is 0.318. The molecule has 0 aliphatic carbocycles. The van der Waals surface area contributed by atoms with Gasteiger partial charge in [0.05, 0.1) is 31.3 Å². The van der Waals surface area contributed by atoms with Crippen LogP contribution < -0.4 is 0 Å². The predicted octanol–water partition coefficient (Wildman–Crippen LogP) is 0.0434. The van der Waals surface area contributed by atoms with Crippen LogP contribution in [0.4, 0.5) is 0 Å². The molecule has 0 aromatic heterocycles. The zero-order valence-corrected chi connectivity index (χ0v) is 20.9. The normalized spacial score (nSPS) is 34.2. The van der Waals surface area contributed by atoms with E-state index < -0.39 is 35.0 Å². The van der Waals surface area contributed by atoms with Crippen LogP contribution in [0, 0.1) is 11.8 Å². The fraction of sp³-hybridized carbons (Fsp3) is 0.800. The number of fused-ring (bicyclic) bond motifs is 1. The van der Waals surface area contributed by atoms with Gasteiger partial charge in [-0.25, -0.2) is 0 Å². The number of carbonyl (C=O) groups excluding carboxylic acids is 3. The van der Waals surface area contributed by atoms with Crippen molar-refractivity contribution in [3.8, 4) is 0 Å².